The smallest absolute Gasteiger partial charge is 0.395 e. The number of hydrogen-bond donors (Lipinski definition) is 2. The first-order valence-corrected chi connectivity index (χ1v) is 9.50. The fraction of sp³-hybridized carbons (Fsp3) is 0.286. The van der Waals surface area contributed by atoms with Gasteiger partial charge in [-0.15, -0.1) is 0 Å². The van der Waals surface area contributed by atoms with Crippen molar-refractivity contribution in [1.29, 1.82) is 0 Å². The van der Waals surface area contributed by atoms with Crippen LogP contribution in [0.15, 0.2) is 54.9 Å². The highest BCUT2D eigenvalue weighted by Crippen LogP contribution is 2.32. The zero-order valence-electron chi connectivity index (χ0n) is 16.0. The number of rotatable bonds is 4. The molecule has 6 nitrogen and oxygen atoms in total. The maximum Gasteiger partial charge on any atom is 0.416 e. The number of aromatic nitrogens is 3. The normalized spacial score (nSPS) is 17.2. The van der Waals surface area contributed by atoms with Crippen LogP contribution >= 0.6 is 0 Å². The molecular formula is C21H20F3N5O. The van der Waals surface area contributed by atoms with Crippen LogP contribution in [0.4, 0.5) is 19.0 Å². The average Bonchev–Trinajstić information content (AvgIpc) is 2.79. The molecule has 3 heterocycles. The van der Waals surface area contributed by atoms with Crippen molar-refractivity contribution in [3.63, 3.8) is 0 Å². The third-order valence-electron chi connectivity index (χ3n) is 4.94. The average molecular weight is 415 g/mol. The Labute approximate surface area is 171 Å². The number of pyridine rings is 1. The number of nitrogens with zero attached hydrogens (tertiary/aromatic N) is 4. The van der Waals surface area contributed by atoms with Crippen LogP contribution in [-0.2, 0) is 6.18 Å². The molecule has 0 aliphatic carbocycles. The molecule has 1 atom stereocenters. The van der Waals surface area contributed by atoms with Crippen LogP contribution in [0, 0.1) is 0 Å². The highest BCUT2D eigenvalue weighted by atomic mass is 19.4. The van der Waals surface area contributed by atoms with Gasteiger partial charge in [0.2, 0.25) is 0 Å². The van der Waals surface area contributed by atoms with Crippen molar-refractivity contribution >= 4 is 5.82 Å². The summed E-state index contributed by atoms with van der Waals surface area (Å²) < 4.78 is 38.8. The van der Waals surface area contributed by atoms with Crippen molar-refractivity contribution in [2.45, 2.75) is 12.2 Å². The zero-order chi connectivity index (χ0) is 21.1. The van der Waals surface area contributed by atoms with Crippen molar-refractivity contribution in [2.75, 3.05) is 31.1 Å². The molecule has 1 fully saturated rings. The van der Waals surface area contributed by atoms with E-state index in [1.54, 1.807) is 24.5 Å². The molecule has 0 amide bonds. The van der Waals surface area contributed by atoms with Gasteiger partial charge >= 0.3 is 6.18 Å². The summed E-state index contributed by atoms with van der Waals surface area (Å²) in [7, 11) is 0. The number of aliphatic hydroxyl groups excluding tert-OH is 1. The molecule has 0 unspecified atom stereocenters. The summed E-state index contributed by atoms with van der Waals surface area (Å²) in [6, 6.07) is 10.2. The van der Waals surface area contributed by atoms with Crippen molar-refractivity contribution < 1.29 is 18.3 Å². The molecular weight excluding hydrogens is 395 g/mol. The van der Waals surface area contributed by atoms with Gasteiger partial charge in [0, 0.05) is 55.3 Å². The topological polar surface area (TPSA) is 74.2 Å². The van der Waals surface area contributed by atoms with E-state index in [9.17, 15) is 18.3 Å². The minimum atomic E-state index is -4.39. The standard InChI is InChI=1S/C21H20F3N5O/c22-21(23,24)16-5-3-14(4-6-16)18-10-19(29-9-8-26-17(12-29)13-30)28-20(27-18)15-2-1-7-25-11-15/h1-7,10-11,17,26,30H,8-9,12-13H2/t17-/m1/s1. The molecule has 1 aliphatic heterocycles. The summed E-state index contributed by atoms with van der Waals surface area (Å²) in [5, 5.41) is 12.7. The quantitative estimate of drug-likeness (QED) is 0.683. The Morgan fingerprint density at radius 1 is 1.10 bits per heavy atom. The molecule has 30 heavy (non-hydrogen) atoms. The third kappa shape index (κ3) is 4.42. The Kier molecular flexibility index (Phi) is 5.65. The molecule has 9 heteroatoms. The molecule has 0 spiro atoms. The van der Waals surface area contributed by atoms with Crippen molar-refractivity contribution in [2.24, 2.45) is 0 Å². The van der Waals surface area contributed by atoms with E-state index in [4.69, 9.17) is 0 Å². The van der Waals surface area contributed by atoms with Gasteiger partial charge in [-0.3, -0.25) is 4.98 Å². The van der Waals surface area contributed by atoms with E-state index in [0.29, 0.717) is 48.1 Å². The summed E-state index contributed by atoms with van der Waals surface area (Å²) >= 11 is 0. The number of benzene rings is 1. The lowest BCUT2D eigenvalue weighted by atomic mass is 10.1. The first-order valence-electron chi connectivity index (χ1n) is 9.50. The number of halogens is 3. The molecule has 1 saturated heterocycles. The van der Waals surface area contributed by atoms with E-state index >= 15 is 0 Å². The number of aliphatic hydroxyl groups is 1. The molecule has 156 valence electrons. The van der Waals surface area contributed by atoms with E-state index in [2.05, 4.69) is 20.3 Å². The summed E-state index contributed by atoms with van der Waals surface area (Å²) in [5.74, 6) is 1.09. The number of nitrogens with one attached hydrogen (secondary N) is 1. The number of alkyl halides is 3. The predicted molar refractivity (Wildman–Crippen MR) is 107 cm³/mol. The Balaban J connectivity index is 1.76. The summed E-state index contributed by atoms with van der Waals surface area (Å²) in [4.78, 5) is 15.4. The molecule has 4 rings (SSSR count). The van der Waals surface area contributed by atoms with E-state index in [1.165, 1.54) is 12.1 Å². The van der Waals surface area contributed by atoms with Crippen LogP contribution in [-0.4, -0.2) is 52.3 Å². The molecule has 0 radical (unpaired) electrons. The molecule has 1 aliphatic rings. The Bertz CT molecular complexity index is 996. The van der Waals surface area contributed by atoms with Gasteiger partial charge in [-0.05, 0) is 24.3 Å². The maximum atomic E-state index is 12.9. The first-order chi connectivity index (χ1) is 14.4. The SMILES string of the molecule is OC[C@H]1CN(c2cc(-c3ccc(C(F)(F)F)cc3)nc(-c3cccnc3)n2)CCN1. The number of piperazine rings is 1. The minimum absolute atomic E-state index is 0.00279. The van der Waals surface area contributed by atoms with Crippen molar-refractivity contribution in [1.82, 2.24) is 20.3 Å². The first kappa shape index (κ1) is 20.2. The Hall–Kier alpha value is -3.04. The highest BCUT2D eigenvalue weighted by Gasteiger charge is 2.30. The van der Waals surface area contributed by atoms with Gasteiger partial charge in [0.1, 0.15) is 5.82 Å². The van der Waals surface area contributed by atoms with E-state index in [-0.39, 0.29) is 12.6 Å². The summed E-state index contributed by atoms with van der Waals surface area (Å²) in [6.45, 7) is 1.94. The summed E-state index contributed by atoms with van der Waals surface area (Å²) in [6.07, 6.45) is -1.10. The van der Waals surface area contributed by atoms with Gasteiger partial charge in [0.25, 0.3) is 0 Å². The van der Waals surface area contributed by atoms with Crippen LogP contribution < -0.4 is 10.2 Å². The number of anilines is 1. The second kappa shape index (κ2) is 8.37. The van der Waals surface area contributed by atoms with Crippen LogP contribution in [0.5, 0.6) is 0 Å². The van der Waals surface area contributed by atoms with Gasteiger partial charge in [-0.1, -0.05) is 12.1 Å². The second-order valence-corrected chi connectivity index (χ2v) is 7.03. The van der Waals surface area contributed by atoms with Gasteiger partial charge in [-0.2, -0.15) is 13.2 Å². The molecule has 0 saturated carbocycles. The molecule has 2 aromatic heterocycles. The van der Waals surface area contributed by atoms with Gasteiger partial charge in [-0.25, -0.2) is 9.97 Å². The third-order valence-corrected chi connectivity index (χ3v) is 4.94. The highest BCUT2D eigenvalue weighted by molar-refractivity contribution is 5.68. The van der Waals surface area contributed by atoms with E-state index < -0.39 is 11.7 Å². The van der Waals surface area contributed by atoms with Gasteiger partial charge in [0.15, 0.2) is 5.82 Å². The lowest BCUT2D eigenvalue weighted by Gasteiger charge is -2.33. The lowest BCUT2D eigenvalue weighted by molar-refractivity contribution is -0.137. The van der Waals surface area contributed by atoms with Crippen LogP contribution in [0.1, 0.15) is 5.56 Å². The van der Waals surface area contributed by atoms with Crippen molar-refractivity contribution in [3.8, 4) is 22.6 Å². The largest absolute Gasteiger partial charge is 0.416 e. The van der Waals surface area contributed by atoms with E-state index in [1.807, 2.05) is 11.0 Å². The van der Waals surface area contributed by atoms with Crippen molar-refractivity contribution in [3.05, 3.63) is 60.4 Å². The number of hydrogen-bond acceptors (Lipinski definition) is 6. The van der Waals surface area contributed by atoms with Crippen LogP contribution in [0.3, 0.4) is 0 Å². The Morgan fingerprint density at radius 3 is 2.57 bits per heavy atom. The van der Waals surface area contributed by atoms with Crippen LogP contribution in [0.25, 0.3) is 22.6 Å². The van der Waals surface area contributed by atoms with Crippen LogP contribution in [0.2, 0.25) is 0 Å². The van der Waals surface area contributed by atoms with Gasteiger partial charge < -0.3 is 15.3 Å². The Morgan fingerprint density at radius 2 is 1.90 bits per heavy atom. The molecule has 2 N–H and O–H groups in total. The minimum Gasteiger partial charge on any atom is -0.395 e. The second-order valence-electron chi connectivity index (χ2n) is 7.03. The lowest BCUT2D eigenvalue weighted by Crippen LogP contribution is -2.52. The molecule has 1 aromatic carbocycles. The fourth-order valence-corrected chi connectivity index (χ4v) is 3.35. The molecule has 0 bridgehead atoms. The maximum absolute atomic E-state index is 12.9. The monoisotopic (exact) mass is 415 g/mol. The van der Waals surface area contributed by atoms with Gasteiger partial charge in [0.05, 0.1) is 17.9 Å². The predicted octanol–water partition coefficient (Wildman–Crippen LogP) is 2.99. The molecule has 3 aromatic rings. The fourth-order valence-electron chi connectivity index (χ4n) is 3.35. The zero-order valence-corrected chi connectivity index (χ0v) is 16.0. The van der Waals surface area contributed by atoms with E-state index in [0.717, 1.165) is 12.1 Å². The summed E-state index contributed by atoms with van der Waals surface area (Å²) in [5.41, 5.74) is 1.08.